The van der Waals surface area contributed by atoms with Crippen LogP contribution in [-0.2, 0) is 12.8 Å². The van der Waals surface area contributed by atoms with Gasteiger partial charge in [0.25, 0.3) is 5.91 Å². The Kier molecular flexibility index (Phi) is 8.33. The van der Waals surface area contributed by atoms with Gasteiger partial charge in [0.2, 0.25) is 0 Å². The zero-order valence-corrected chi connectivity index (χ0v) is 20.5. The first kappa shape index (κ1) is 25.7. The van der Waals surface area contributed by atoms with Gasteiger partial charge in [0.15, 0.2) is 0 Å². The Morgan fingerprint density at radius 3 is 2.16 bits per heavy atom. The van der Waals surface area contributed by atoms with Crippen molar-refractivity contribution in [1.29, 1.82) is 5.41 Å². The monoisotopic (exact) mass is 493 g/mol. The number of amides is 1. The molecular formula is C31H31N3O3. The van der Waals surface area contributed by atoms with Gasteiger partial charge in [0.1, 0.15) is 11.6 Å². The van der Waals surface area contributed by atoms with E-state index < -0.39 is 0 Å². The normalized spacial score (nSPS) is 12.5. The molecular weight excluding hydrogens is 462 g/mol. The van der Waals surface area contributed by atoms with Gasteiger partial charge in [0.05, 0.1) is 0 Å². The highest BCUT2D eigenvalue weighted by atomic mass is 16.3. The highest BCUT2D eigenvalue weighted by Crippen LogP contribution is 2.24. The topological polar surface area (TPSA) is 119 Å². The van der Waals surface area contributed by atoms with Crippen LogP contribution >= 0.6 is 0 Å². The molecule has 188 valence electrons. The van der Waals surface area contributed by atoms with Gasteiger partial charge in [-0.15, -0.1) is 0 Å². The van der Waals surface area contributed by atoms with E-state index >= 15 is 0 Å². The third kappa shape index (κ3) is 6.84. The van der Waals surface area contributed by atoms with Crippen molar-refractivity contribution in [2.45, 2.75) is 18.9 Å². The molecule has 2 atom stereocenters. The van der Waals surface area contributed by atoms with Crippen LogP contribution in [-0.4, -0.2) is 34.6 Å². The predicted octanol–water partition coefficient (Wildman–Crippen LogP) is 4.54. The minimum Gasteiger partial charge on any atom is -0.508 e. The number of nitrogens with two attached hydrogens (primary N) is 1. The van der Waals surface area contributed by atoms with Gasteiger partial charge < -0.3 is 21.3 Å². The van der Waals surface area contributed by atoms with E-state index in [0.717, 1.165) is 22.3 Å². The lowest BCUT2D eigenvalue weighted by atomic mass is 9.88. The number of hydrogen-bond donors (Lipinski definition) is 5. The molecule has 4 rings (SSSR count). The summed E-state index contributed by atoms with van der Waals surface area (Å²) in [6.07, 6.45) is 1.08. The van der Waals surface area contributed by atoms with Gasteiger partial charge in [-0.05, 0) is 65.4 Å². The molecule has 4 aromatic carbocycles. The van der Waals surface area contributed by atoms with Gasteiger partial charge in [0, 0.05) is 29.7 Å². The molecule has 1 amide bonds. The van der Waals surface area contributed by atoms with Crippen molar-refractivity contribution in [3.05, 3.63) is 125 Å². The molecule has 0 heterocycles. The number of carbonyl (C=O) groups is 1. The number of benzene rings is 4. The Morgan fingerprint density at radius 2 is 1.49 bits per heavy atom. The van der Waals surface area contributed by atoms with Crippen LogP contribution in [0.5, 0.6) is 5.75 Å². The number of nitrogens with one attached hydrogen (secondary N) is 2. The standard InChI is InChI=1S/C31H31N3O3/c32-30(33)26-10-4-8-22(16-26)17-27(20-35)29(18-21-6-2-1-3-7-21)34-31(37)24-14-12-23(13-15-24)25-9-5-11-28(36)19-25/h1-16,19,27,29,35-36H,17-18,20H2,(H3,32,33)(H,34,37). The Bertz CT molecular complexity index is 1350. The van der Waals surface area contributed by atoms with Gasteiger partial charge in [-0.1, -0.05) is 72.8 Å². The van der Waals surface area contributed by atoms with Crippen molar-refractivity contribution in [1.82, 2.24) is 5.32 Å². The summed E-state index contributed by atoms with van der Waals surface area (Å²) in [5.41, 5.74) is 10.6. The van der Waals surface area contributed by atoms with Gasteiger partial charge in [-0.3, -0.25) is 10.2 Å². The molecule has 0 spiro atoms. The lowest BCUT2D eigenvalue weighted by molar-refractivity contribution is 0.0903. The second kappa shape index (κ2) is 12.0. The third-order valence-corrected chi connectivity index (χ3v) is 6.48. The molecule has 2 unspecified atom stereocenters. The van der Waals surface area contributed by atoms with Crippen molar-refractivity contribution in [2.75, 3.05) is 6.61 Å². The van der Waals surface area contributed by atoms with Crippen molar-refractivity contribution >= 4 is 11.7 Å². The zero-order chi connectivity index (χ0) is 26.2. The Balaban J connectivity index is 1.55. The van der Waals surface area contributed by atoms with Crippen molar-refractivity contribution in [3.8, 4) is 16.9 Å². The molecule has 0 aliphatic heterocycles. The number of rotatable bonds is 10. The largest absolute Gasteiger partial charge is 0.508 e. The third-order valence-electron chi connectivity index (χ3n) is 6.48. The maximum Gasteiger partial charge on any atom is 0.251 e. The number of aliphatic hydroxyl groups excluding tert-OH is 1. The smallest absolute Gasteiger partial charge is 0.251 e. The number of phenols is 1. The van der Waals surface area contributed by atoms with Crippen LogP contribution in [0.25, 0.3) is 11.1 Å². The average molecular weight is 494 g/mol. The van der Waals surface area contributed by atoms with E-state index in [1.807, 2.05) is 66.7 Å². The first-order chi connectivity index (χ1) is 17.9. The summed E-state index contributed by atoms with van der Waals surface area (Å²) in [6, 6.07) is 31.2. The van der Waals surface area contributed by atoms with Crippen molar-refractivity contribution in [2.24, 2.45) is 11.7 Å². The van der Waals surface area contributed by atoms with E-state index in [4.69, 9.17) is 11.1 Å². The fourth-order valence-electron chi connectivity index (χ4n) is 4.46. The molecule has 0 saturated heterocycles. The maximum atomic E-state index is 13.3. The summed E-state index contributed by atoms with van der Waals surface area (Å²) >= 11 is 0. The number of carbonyl (C=O) groups excluding carboxylic acids is 1. The van der Waals surface area contributed by atoms with E-state index in [2.05, 4.69) is 5.32 Å². The summed E-state index contributed by atoms with van der Waals surface area (Å²) in [6.45, 7) is -0.113. The number of phenolic OH excluding ortho intramolecular Hbond substituents is 1. The van der Waals surface area contributed by atoms with Crippen molar-refractivity contribution < 1.29 is 15.0 Å². The van der Waals surface area contributed by atoms with Gasteiger partial charge in [-0.2, -0.15) is 0 Å². The molecule has 0 saturated carbocycles. The van der Waals surface area contributed by atoms with E-state index in [9.17, 15) is 15.0 Å². The van der Waals surface area contributed by atoms with Gasteiger partial charge >= 0.3 is 0 Å². The number of aliphatic hydroxyl groups is 1. The van der Waals surface area contributed by atoms with Crippen LogP contribution in [0.1, 0.15) is 27.0 Å². The molecule has 6 nitrogen and oxygen atoms in total. The Hall–Kier alpha value is -4.42. The predicted molar refractivity (Wildman–Crippen MR) is 147 cm³/mol. The number of aromatic hydroxyl groups is 1. The fraction of sp³-hybridized carbons (Fsp3) is 0.161. The molecule has 0 aliphatic carbocycles. The van der Waals surface area contributed by atoms with Crippen molar-refractivity contribution in [3.63, 3.8) is 0 Å². The molecule has 0 aromatic heterocycles. The Labute approximate surface area is 216 Å². The summed E-state index contributed by atoms with van der Waals surface area (Å²) in [5.74, 6) is -0.296. The number of nitrogen functional groups attached to an aromatic ring is 1. The quantitative estimate of drug-likeness (QED) is 0.165. The highest BCUT2D eigenvalue weighted by molar-refractivity contribution is 5.95. The van der Waals surface area contributed by atoms with Crippen LogP contribution in [0.2, 0.25) is 0 Å². The SMILES string of the molecule is N=C(N)c1cccc(CC(CO)C(Cc2ccccc2)NC(=O)c2ccc(-c3cccc(O)c3)cc2)c1. The molecule has 6 heteroatoms. The highest BCUT2D eigenvalue weighted by Gasteiger charge is 2.24. The van der Waals surface area contributed by atoms with Gasteiger partial charge in [-0.25, -0.2) is 0 Å². The Morgan fingerprint density at radius 1 is 0.784 bits per heavy atom. The molecule has 37 heavy (non-hydrogen) atoms. The molecule has 4 aromatic rings. The maximum absolute atomic E-state index is 13.3. The lowest BCUT2D eigenvalue weighted by Gasteiger charge is -2.27. The molecule has 6 N–H and O–H groups in total. The molecule has 0 fully saturated rings. The molecule has 0 aliphatic rings. The minimum atomic E-state index is -0.327. The lowest BCUT2D eigenvalue weighted by Crippen LogP contribution is -2.44. The zero-order valence-electron chi connectivity index (χ0n) is 20.5. The molecule has 0 bridgehead atoms. The van der Waals surface area contributed by atoms with Crippen LogP contribution in [0.3, 0.4) is 0 Å². The summed E-state index contributed by atoms with van der Waals surface area (Å²) in [7, 11) is 0. The second-order valence-electron chi connectivity index (χ2n) is 9.16. The number of hydrogen-bond acceptors (Lipinski definition) is 4. The first-order valence-corrected chi connectivity index (χ1v) is 12.2. The van der Waals surface area contributed by atoms with Crippen LogP contribution < -0.4 is 11.1 Å². The molecule has 0 radical (unpaired) electrons. The summed E-state index contributed by atoms with van der Waals surface area (Å²) < 4.78 is 0. The summed E-state index contributed by atoms with van der Waals surface area (Å²) in [4.78, 5) is 13.3. The van der Waals surface area contributed by atoms with Crippen LogP contribution in [0, 0.1) is 11.3 Å². The summed E-state index contributed by atoms with van der Waals surface area (Å²) in [5, 5.41) is 31.0. The number of amidine groups is 1. The van der Waals surface area contributed by atoms with Crippen LogP contribution in [0.15, 0.2) is 103 Å². The second-order valence-corrected chi connectivity index (χ2v) is 9.16. The van der Waals surface area contributed by atoms with E-state index in [0.29, 0.717) is 24.0 Å². The van der Waals surface area contributed by atoms with E-state index in [-0.39, 0.29) is 36.1 Å². The average Bonchev–Trinajstić information content (AvgIpc) is 2.92. The van der Waals surface area contributed by atoms with E-state index in [1.54, 1.807) is 36.4 Å². The first-order valence-electron chi connectivity index (χ1n) is 12.2. The fourth-order valence-corrected chi connectivity index (χ4v) is 4.46. The van der Waals surface area contributed by atoms with Crippen LogP contribution in [0.4, 0.5) is 0 Å². The minimum absolute atomic E-state index is 0.00861. The van der Waals surface area contributed by atoms with E-state index in [1.165, 1.54) is 0 Å².